The fourth-order valence-corrected chi connectivity index (χ4v) is 4.79. The van der Waals surface area contributed by atoms with Gasteiger partial charge in [-0.3, -0.25) is 0 Å². The molecule has 0 spiro atoms. The van der Waals surface area contributed by atoms with Crippen molar-refractivity contribution in [2.24, 2.45) is 0 Å². The second kappa shape index (κ2) is 9.38. The summed E-state index contributed by atoms with van der Waals surface area (Å²) in [6, 6.07) is 20.3. The second-order valence-corrected chi connectivity index (χ2v) is 8.28. The molecule has 0 heterocycles. The molecule has 36 heavy (non-hydrogen) atoms. The molecule has 182 valence electrons. The summed E-state index contributed by atoms with van der Waals surface area (Å²) < 4.78 is 51.3. The lowest BCUT2D eigenvalue weighted by Gasteiger charge is -2.21. The molecule has 0 N–H and O–H groups in total. The zero-order valence-electron chi connectivity index (χ0n) is 20.3. The van der Waals surface area contributed by atoms with Gasteiger partial charge in [0.1, 0.15) is 11.6 Å². The zero-order chi connectivity index (χ0) is 25.4. The fraction of sp³-hybridized carbons (Fsp3) is 0.133. The maximum atomic E-state index is 14.4. The van der Waals surface area contributed by atoms with Gasteiger partial charge in [0.05, 0.1) is 28.4 Å². The normalized spacial score (nSPS) is 11.1. The lowest BCUT2D eigenvalue weighted by Crippen LogP contribution is -1.97. The van der Waals surface area contributed by atoms with Gasteiger partial charge in [0, 0.05) is 0 Å². The molecule has 0 radical (unpaired) electrons. The predicted octanol–water partition coefficient (Wildman–Crippen LogP) is 7.64. The first-order valence-electron chi connectivity index (χ1n) is 11.3. The number of methoxy groups -OCH3 is 4. The van der Waals surface area contributed by atoms with Crippen LogP contribution in [0.15, 0.2) is 72.8 Å². The van der Waals surface area contributed by atoms with Crippen molar-refractivity contribution in [1.29, 1.82) is 0 Å². The Morgan fingerprint density at radius 3 is 1.00 bits per heavy atom. The number of hydrogen-bond donors (Lipinski definition) is 0. The summed E-state index contributed by atoms with van der Waals surface area (Å²) in [5.74, 6) is 1.37. The summed E-state index contributed by atoms with van der Waals surface area (Å²) in [5.41, 5.74) is 2.91. The first-order valence-corrected chi connectivity index (χ1v) is 11.3. The molecule has 5 aromatic rings. The number of ether oxygens (including phenoxy) is 4. The molecular weight excluding hydrogens is 462 g/mol. The van der Waals surface area contributed by atoms with Crippen LogP contribution in [0, 0.1) is 11.6 Å². The predicted molar refractivity (Wildman–Crippen MR) is 138 cm³/mol. The number of fused-ring (bicyclic) bond motifs is 2. The summed E-state index contributed by atoms with van der Waals surface area (Å²) >= 11 is 0. The van der Waals surface area contributed by atoms with Gasteiger partial charge in [0.25, 0.3) is 0 Å². The van der Waals surface area contributed by atoms with Crippen molar-refractivity contribution in [3.05, 3.63) is 84.4 Å². The van der Waals surface area contributed by atoms with Crippen LogP contribution in [0.5, 0.6) is 23.0 Å². The van der Waals surface area contributed by atoms with Crippen molar-refractivity contribution in [3.63, 3.8) is 0 Å². The SMILES string of the molecule is COc1cc2c(-c3cccc(F)c3)c3cc(OC)c(OC)cc3c(-c3cccc(F)c3)c2cc1OC. The molecule has 0 atom stereocenters. The van der Waals surface area contributed by atoms with Crippen LogP contribution in [0.1, 0.15) is 0 Å². The Bertz CT molecular complexity index is 1420. The van der Waals surface area contributed by atoms with Crippen LogP contribution in [0.4, 0.5) is 8.78 Å². The van der Waals surface area contributed by atoms with Gasteiger partial charge in [0.2, 0.25) is 0 Å². The van der Waals surface area contributed by atoms with Gasteiger partial charge in [-0.15, -0.1) is 0 Å². The molecular formula is C30H24F2O4. The van der Waals surface area contributed by atoms with Crippen LogP contribution in [0.25, 0.3) is 43.8 Å². The molecule has 0 bridgehead atoms. The highest BCUT2D eigenvalue weighted by atomic mass is 19.1. The van der Waals surface area contributed by atoms with Crippen molar-refractivity contribution in [2.45, 2.75) is 0 Å². The lowest BCUT2D eigenvalue weighted by molar-refractivity contribution is 0.355. The molecule has 0 aliphatic carbocycles. The Hall–Kier alpha value is -4.32. The van der Waals surface area contributed by atoms with Gasteiger partial charge in [-0.1, -0.05) is 24.3 Å². The van der Waals surface area contributed by atoms with Crippen LogP contribution >= 0.6 is 0 Å². The third kappa shape index (κ3) is 3.85. The highest BCUT2D eigenvalue weighted by molar-refractivity contribution is 6.22. The molecule has 0 aliphatic heterocycles. The number of hydrogen-bond acceptors (Lipinski definition) is 4. The van der Waals surface area contributed by atoms with Crippen molar-refractivity contribution < 1.29 is 27.7 Å². The molecule has 0 saturated carbocycles. The van der Waals surface area contributed by atoms with E-state index < -0.39 is 0 Å². The average molecular weight is 487 g/mol. The van der Waals surface area contributed by atoms with Gasteiger partial charge in [0.15, 0.2) is 23.0 Å². The van der Waals surface area contributed by atoms with E-state index in [9.17, 15) is 8.78 Å². The van der Waals surface area contributed by atoms with Gasteiger partial charge in [-0.05, 0) is 92.3 Å². The quantitative estimate of drug-likeness (QED) is 0.231. The summed E-state index contributed by atoms with van der Waals surface area (Å²) in [6.07, 6.45) is 0. The molecule has 5 aromatic carbocycles. The smallest absolute Gasteiger partial charge is 0.161 e. The number of rotatable bonds is 6. The van der Waals surface area contributed by atoms with E-state index in [0.717, 1.165) is 32.7 Å². The molecule has 0 fully saturated rings. The molecule has 5 rings (SSSR count). The topological polar surface area (TPSA) is 36.9 Å². The molecule has 0 unspecified atom stereocenters. The van der Waals surface area contributed by atoms with Crippen molar-refractivity contribution in [1.82, 2.24) is 0 Å². The van der Waals surface area contributed by atoms with E-state index in [2.05, 4.69) is 0 Å². The van der Waals surface area contributed by atoms with Crippen LogP contribution in [-0.2, 0) is 0 Å². The third-order valence-electron chi connectivity index (χ3n) is 6.35. The first kappa shape index (κ1) is 23.4. The van der Waals surface area contributed by atoms with Crippen molar-refractivity contribution in [3.8, 4) is 45.3 Å². The largest absolute Gasteiger partial charge is 0.493 e. The summed E-state index contributed by atoms with van der Waals surface area (Å²) in [7, 11) is 6.25. The third-order valence-corrected chi connectivity index (χ3v) is 6.35. The molecule has 6 heteroatoms. The molecule has 0 aromatic heterocycles. The molecule has 0 saturated heterocycles. The summed E-state index contributed by atoms with van der Waals surface area (Å²) in [6.45, 7) is 0. The van der Waals surface area contributed by atoms with E-state index in [0.29, 0.717) is 34.1 Å². The van der Waals surface area contributed by atoms with E-state index in [1.54, 1.807) is 40.6 Å². The first-order chi connectivity index (χ1) is 17.5. The maximum Gasteiger partial charge on any atom is 0.161 e. The van der Waals surface area contributed by atoms with Gasteiger partial charge < -0.3 is 18.9 Å². The average Bonchev–Trinajstić information content (AvgIpc) is 2.89. The zero-order valence-corrected chi connectivity index (χ0v) is 20.3. The van der Waals surface area contributed by atoms with Crippen molar-refractivity contribution in [2.75, 3.05) is 28.4 Å². The highest BCUT2D eigenvalue weighted by Crippen LogP contribution is 2.49. The molecule has 0 aliphatic rings. The van der Waals surface area contributed by atoms with Crippen molar-refractivity contribution >= 4 is 21.5 Å². The Morgan fingerprint density at radius 2 is 0.750 bits per heavy atom. The van der Waals surface area contributed by atoms with Gasteiger partial charge in [-0.25, -0.2) is 8.78 Å². The minimum Gasteiger partial charge on any atom is -0.493 e. The van der Waals surface area contributed by atoms with E-state index >= 15 is 0 Å². The van der Waals surface area contributed by atoms with Crippen LogP contribution in [0.2, 0.25) is 0 Å². The van der Waals surface area contributed by atoms with E-state index in [4.69, 9.17) is 18.9 Å². The summed E-state index contributed by atoms with van der Waals surface area (Å²) in [5, 5.41) is 3.16. The standard InChI is InChI=1S/C30H24F2O4/c1-33-25-13-21-22(14-26(25)34-2)30(18-8-6-10-20(32)12-18)24-16-28(36-4)27(35-3)15-23(24)29(21)17-7-5-9-19(31)11-17/h5-16H,1-4H3. The Balaban J connectivity index is 2.08. The van der Waals surface area contributed by atoms with E-state index in [-0.39, 0.29) is 11.6 Å². The Kier molecular flexibility index (Phi) is 6.10. The minimum atomic E-state index is -0.357. The number of halogens is 2. The second-order valence-electron chi connectivity index (χ2n) is 8.28. The van der Waals surface area contributed by atoms with Crippen LogP contribution < -0.4 is 18.9 Å². The maximum absolute atomic E-state index is 14.4. The van der Waals surface area contributed by atoms with Gasteiger partial charge in [-0.2, -0.15) is 0 Å². The Morgan fingerprint density at radius 1 is 0.444 bits per heavy atom. The fourth-order valence-electron chi connectivity index (χ4n) is 4.79. The Labute approximate surface area is 207 Å². The monoisotopic (exact) mass is 486 g/mol. The van der Waals surface area contributed by atoms with Crippen LogP contribution in [0.3, 0.4) is 0 Å². The van der Waals surface area contributed by atoms with Gasteiger partial charge >= 0.3 is 0 Å². The minimum absolute atomic E-state index is 0.357. The number of benzene rings is 5. The van der Waals surface area contributed by atoms with Crippen LogP contribution in [-0.4, -0.2) is 28.4 Å². The molecule has 0 amide bonds. The molecule has 4 nitrogen and oxygen atoms in total. The summed E-state index contributed by atoms with van der Waals surface area (Å²) in [4.78, 5) is 0. The highest BCUT2D eigenvalue weighted by Gasteiger charge is 2.22. The lowest BCUT2D eigenvalue weighted by atomic mass is 9.85. The van der Waals surface area contributed by atoms with E-state index in [1.807, 2.05) is 36.4 Å². The van der Waals surface area contributed by atoms with E-state index in [1.165, 1.54) is 24.3 Å².